The molecule has 1 aliphatic carbocycles. The molecule has 2 rings (SSSR count). The maximum absolute atomic E-state index is 13.6. The molecule has 3 N–H and O–H groups in total. The van der Waals surface area contributed by atoms with Crippen LogP contribution in [0.1, 0.15) is 19.8 Å². The van der Waals surface area contributed by atoms with Crippen LogP contribution in [0, 0.1) is 17.6 Å². The van der Waals surface area contributed by atoms with E-state index in [1.807, 2.05) is 0 Å². The molecule has 1 unspecified atom stereocenters. The van der Waals surface area contributed by atoms with Crippen molar-refractivity contribution >= 4 is 15.7 Å². The molecule has 0 aromatic heterocycles. The molecule has 1 fully saturated rings. The van der Waals surface area contributed by atoms with Gasteiger partial charge in [0.25, 0.3) is 0 Å². The second kappa shape index (κ2) is 4.47. The summed E-state index contributed by atoms with van der Waals surface area (Å²) in [6, 6.07) is 1.46. The Kier molecular flexibility index (Phi) is 3.29. The summed E-state index contributed by atoms with van der Waals surface area (Å²) in [5.41, 5.74) is 4.36. The summed E-state index contributed by atoms with van der Waals surface area (Å²) in [5.74, 6) is -1.92. The van der Waals surface area contributed by atoms with Crippen LogP contribution >= 0.6 is 0 Å². The molecule has 0 spiro atoms. The van der Waals surface area contributed by atoms with Gasteiger partial charge in [0, 0.05) is 6.04 Å². The molecule has 1 aromatic rings. The largest absolute Gasteiger partial charge is 0.394 e. The highest BCUT2D eigenvalue weighted by Gasteiger charge is 2.32. The Morgan fingerprint density at radius 2 is 2.00 bits per heavy atom. The average molecular weight is 276 g/mol. The first-order valence-electron chi connectivity index (χ1n) is 5.58. The first-order chi connectivity index (χ1) is 8.33. The monoisotopic (exact) mass is 276 g/mol. The van der Waals surface area contributed by atoms with Crippen LogP contribution in [-0.4, -0.2) is 14.5 Å². The fourth-order valence-electron chi connectivity index (χ4n) is 1.76. The maximum Gasteiger partial charge on any atom is 0.243 e. The lowest BCUT2D eigenvalue weighted by Gasteiger charge is -2.14. The molecule has 0 saturated heterocycles. The summed E-state index contributed by atoms with van der Waals surface area (Å²) in [7, 11) is -4.01. The first-order valence-corrected chi connectivity index (χ1v) is 7.07. The molecular weight excluding hydrogens is 262 g/mol. The third kappa shape index (κ3) is 2.46. The number of rotatable bonds is 4. The van der Waals surface area contributed by atoms with E-state index >= 15 is 0 Å². The lowest BCUT2D eigenvalue weighted by Crippen LogP contribution is -2.34. The van der Waals surface area contributed by atoms with Crippen LogP contribution in [0.4, 0.5) is 14.5 Å². The number of nitrogens with one attached hydrogen (secondary N) is 1. The van der Waals surface area contributed by atoms with Crippen LogP contribution in [0.5, 0.6) is 0 Å². The molecule has 1 aromatic carbocycles. The zero-order valence-corrected chi connectivity index (χ0v) is 10.6. The van der Waals surface area contributed by atoms with Crippen molar-refractivity contribution in [1.29, 1.82) is 0 Å². The number of sulfonamides is 1. The maximum atomic E-state index is 13.6. The van der Waals surface area contributed by atoms with E-state index in [4.69, 9.17) is 5.73 Å². The van der Waals surface area contributed by atoms with E-state index in [0.29, 0.717) is 5.92 Å². The van der Waals surface area contributed by atoms with E-state index in [1.54, 1.807) is 6.92 Å². The van der Waals surface area contributed by atoms with Crippen LogP contribution in [0.3, 0.4) is 0 Å². The Bertz CT molecular complexity index is 571. The van der Waals surface area contributed by atoms with E-state index < -0.39 is 32.2 Å². The van der Waals surface area contributed by atoms with Crippen molar-refractivity contribution in [3.63, 3.8) is 0 Å². The fourth-order valence-corrected chi connectivity index (χ4v) is 3.16. The van der Waals surface area contributed by atoms with Gasteiger partial charge in [0.2, 0.25) is 10.0 Å². The predicted molar refractivity (Wildman–Crippen MR) is 63.3 cm³/mol. The van der Waals surface area contributed by atoms with Crippen molar-refractivity contribution in [3.8, 4) is 0 Å². The predicted octanol–water partition coefficient (Wildman–Crippen LogP) is 1.62. The zero-order chi connectivity index (χ0) is 13.5. The van der Waals surface area contributed by atoms with E-state index in [9.17, 15) is 17.2 Å². The van der Waals surface area contributed by atoms with Crippen LogP contribution < -0.4 is 10.5 Å². The van der Waals surface area contributed by atoms with Crippen molar-refractivity contribution in [3.05, 3.63) is 23.8 Å². The van der Waals surface area contributed by atoms with Crippen LogP contribution in [-0.2, 0) is 10.0 Å². The number of halogens is 2. The topological polar surface area (TPSA) is 72.2 Å². The minimum Gasteiger partial charge on any atom is -0.394 e. The lowest BCUT2D eigenvalue weighted by molar-refractivity contribution is 0.523. The lowest BCUT2D eigenvalue weighted by atomic mass is 10.2. The number of hydrogen-bond donors (Lipinski definition) is 2. The van der Waals surface area contributed by atoms with Gasteiger partial charge in [-0.05, 0) is 37.8 Å². The van der Waals surface area contributed by atoms with E-state index in [0.717, 1.165) is 25.0 Å². The molecule has 0 radical (unpaired) electrons. The second-order valence-electron chi connectivity index (χ2n) is 4.52. The molecule has 18 heavy (non-hydrogen) atoms. The van der Waals surface area contributed by atoms with Crippen LogP contribution in [0.25, 0.3) is 0 Å². The second-order valence-corrected chi connectivity index (χ2v) is 6.20. The van der Waals surface area contributed by atoms with Crippen molar-refractivity contribution in [2.24, 2.45) is 5.92 Å². The summed E-state index contributed by atoms with van der Waals surface area (Å²) >= 11 is 0. The smallest absolute Gasteiger partial charge is 0.243 e. The highest BCUT2D eigenvalue weighted by atomic mass is 32.2. The molecule has 0 bridgehead atoms. The summed E-state index contributed by atoms with van der Waals surface area (Å²) in [4.78, 5) is -0.617. The third-order valence-corrected chi connectivity index (χ3v) is 4.63. The van der Waals surface area contributed by atoms with Crippen molar-refractivity contribution < 1.29 is 17.2 Å². The SMILES string of the molecule is CC(NS(=O)(=O)c1ccc(F)c(N)c1F)C1CC1. The normalized spacial score (nSPS) is 17.7. The highest BCUT2D eigenvalue weighted by Crippen LogP contribution is 2.33. The molecule has 7 heteroatoms. The molecule has 0 aliphatic heterocycles. The van der Waals surface area contributed by atoms with Crippen molar-refractivity contribution in [2.75, 3.05) is 5.73 Å². The van der Waals surface area contributed by atoms with Crippen LogP contribution in [0.2, 0.25) is 0 Å². The Hall–Kier alpha value is -1.21. The minimum atomic E-state index is -4.01. The molecule has 1 aliphatic rings. The molecule has 1 atom stereocenters. The summed E-state index contributed by atoms with van der Waals surface area (Å²) in [6.45, 7) is 1.72. The van der Waals surface area contributed by atoms with E-state index in [2.05, 4.69) is 4.72 Å². The van der Waals surface area contributed by atoms with E-state index in [-0.39, 0.29) is 6.04 Å². The Morgan fingerprint density at radius 1 is 1.39 bits per heavy atom. The van der Waals surface area contributed by atoms with E-state index in [1.165, 1.54) is 0 Å². The minimum absolute atomic E-state index is 0.263. The number of benzene rings is 1. The van der Waals surface area contributed by atoms with Gasteiger partial charge in [-0.15, -0.1) is 0 Å². The van der Waals surface area contributed by atoms with Gasteiger partial charge in [0.15, 0.2) is 5.82 Å². The number of anilines is 1. The van der Waals surface area contributed by atoms with Gasteiger partial charge >= 0.3 is 0 Å². The van der Waals surface area contributed by atoms with Gasteiger partial charge in [-0.25, -0.2) is 21.9 Å². The Balaban J connectivity index is 2.32. The molecule has 4 nitrogen and oxygen atoms in total. The number of nitrogen functional groups attached to an aromatic ring is 1. The quantitative estimate of drug-likeness (QED) is 0.821. The number of hydrogen-bond acceptors (Lipinski definition) is 3. The van der Waals surface area contributed by atoms with Gasteiger partial charge in [-0.2, -0.15) is 0 Å². The van der Waals surface area contributed by atoms with Gasteiger partial charge in [-0.3, -0.25) is 0 Å². The highest BCUT2D eigenvalue weighted by molar-refractivity contribution is 7.89. The van der Waals surface area contributed by atoms with Gasteiger partial charge in [0.1, 0.15) is 16.4 Å². The first kappa shape index (κ1) is 13.2. The molecule has 1 saturated carbocycles. The van der Waals surface area contributed by atoms with Gasteiger partial charge < -0.3 is 5.73 Å². The summed E-state index contributed by atoms with van der Waals surface area (Å²) in [5, 5.41) is 0. The van der Waals surface area contributed by atoms with Crippen LogP contribution in [0.15, 0.2) is 17.0 Å². The van der Waals surface area contributed by atoms with Crippen molar-refractivity contribution in [2.45, 2.75) is 30.7 Å². The fraction of sp³-hybridized carbons (Fsp3) is 0.455. The molecule has 0 amide bonds. The summed E-state index contributed by atoms with van der Waals surface area (Å²) in [6.07, 6.45) is 1.91. The third-order valence-electron chi connectivity index (χ3n) is 3.05. The molecule has 100 valence electrons. The molecule has 0 heterocycles. The zero-order valence-electron chi connectivity index (χ0n) is 9.78. The summed E-state index contributed by atoms with van der Waals surface area (Å²) < 4.78 is 52.8. The van der Waals surface area contributed by atoms with Gasteiger partial charge in [0.05, 0.1) is 0 Å². The molecular formula is C11H14F2N2O2S. The Labute approximate surface area is 104 Å². The Morgan fingerprint density at radius 3 is 2.56 bits per heavy atom. The number of nitrogens with two attached hydrogens (primary N) is 1. The standard InChI is InChI=1S/C11H14F2N2O2S/c1-6(7-2-3-7)15-18(16,17)9-5-4-8(12)11(14)10(9)13/h4-7,15H,2-3,14H2,1H3. The average Bonchev–Trinajstić information content (AvgIpc) is 3.08. The van der Waals surface area contributed by atoms with Gasteiger partial charge in [-0.1, -0.05) is 0 Å². The van der Waals surface area contributed by atoms with Crippen molar-refractivity contribution in [1.82, 2.24) is 4.72 Å².